The third-order valence-electron chi connectivity index (χ3n) is 8.50. The van der Waals surface area contributed by atoms with Crippen LogP contribution in [0.5, 0.6) is 0 Å². The molecule has 3 rings (SSSR count). The number of piperazine rings is 1. The minimum Gasteiger partial charge on any atom is -0.444 e. The molecular formula is C33H53N5O5. The summed E-state index contributed by atoms with van der Waals surface area (Å²) >= 11 is 0. The molecule has 10 nitrogen and oxygen atoms in total. The average molecular weight is 600 g/mol. The molecular weight excluding hydrogens is 546 g/mol. The van der Waals surface area contributed by atoms with Gasteiger partial charge < -0.3 is 30.5 Å². The van der Waals surface area contributed by atoms with Crippen molar-refractivity contribution in [2.75, 3.05) is 38.5 Å². The van der Waals surface area contributed by atoms with Gasteiger partial charge in [0.15, 0.2) is 0 Å². The Hall–Kier alpha value is -3.14. The van der Waals surface area contributed by atoms with Crippen molar-refractivity contribution in [1.29, 1.82) is 0 Å². The number of nitrogens with one attached hydrogen (secondary N) is 3. The lowest BCUT2D eigenvalue weighted by atomic mass is 9.88. The molecule has 1 aliphatic heterocycles. The lowest BCUT2D eigenvalue weighted by Crippen LogP contribution is -2.49. The van der Waals surface area contributed by atoms with Crippen LogP contribution in [0.3, 0.4) is 0 Å². The maximum Gasteiger partial charge on any atom is 0.408 e. The number of hydrogen-bond acceptors (Lipinski definition) is 6. The molecule has 1 saturated carbocycles. The smallest absolute Gasteiger partial charge is 0.408 e. The third kappa shape index (κ3) is 11.1. The summed E-state index contributed by atoms with van der Waals surface area (Å²) in [6.07, 6.45) is 6.12. The minimum atomic E-state index is -0.703. The Morgan fingerprint density at radius 2 is 1.53 bits per heavy atom. The second-order valence-corrected chi connectivity index (χ2v) is 13.2. The maximum atomic E-state index is 13.6. The molecule has 3 atom stereocenters. The van der Waals surface area contributed by atoms with Crippen LogP contribution in [0.1, 0.15) is 97.5 Å². The molecule has 1 saturated heterocycles. The standard InChI is InChI=1S/C33H53N5O5/c1-7-28(39)34-23(2)27(22-29(40)38-20-18-37(6)19-21-38)24-14-16-26(17-15-24)35-31(41)30(25-12-10-8-9-11-13-25)36-32(42)43-33(3,4)5/h14-17,23,25,27,30H,7-13,18-22H2,1-6H3,(H,34,39)(H,35,41)(H,36,42)/t23-,27-,30+/m1/s1. The van der Waals surface area contributed by atoms with Gasteiger partial charge in [-0.3, -0.25) is 14.4 Å². The van der Waals surface area contributed by atoms with Crippen LogP contribution in [0.15, 0.2) is 24.3 Å². The topological polar surface area (TPSA) is 120 Å². The first-order valence-corrected chi connectivity index (χ1v) is 16.0. The molecule has 4 amide bonds. The van der Waals surface area contributed by atoms with Crippen LogP contribution in [0.2, 0.25) is 0 Å². The molecule has 0 radical (unpaired) electrons. The predicted molar refractivity (Wildman–Crippen MR) is 169 cm³/mol. The van der Waals surface area contributed by atoms with Gasteiger partial charge in [0.05, 0.1) is 0 Å². The molecule has 1 aromatic rings. The maximum absolute atomic E-state index is 13.6. The quantitative estimate of drug-likeness (QED) is 0.337. The van der Waals surface area contributed by atoms with E-state index >= 15 is 0 Å². The van der Waals surface area contributed by atoms with Crippen molar-refractivity contribution in [3.8, 4) is 0 Å². The number of nitrogens with zero attached hydrogens (tertiary/aromatic N) is 2. The van der Waals surface area contributed by atoms with Gasteiger partial charge in [0.1, 0.15) is 11.6 Å². The Labute approximate surface area is 257 Å². The van der Waals surface area contributed by atoms with Gasteiger partial charge in [-0.1, -0.05) is 44.7 Å². The molecule has 2 fully saturated rings. The Balaban J connectivity index is 1.75. The molecule has 2 aliphatic rings. The largest absolute Gasteiger partial charge is 0.444 e. The van der Waals surface area contributed by atoms with Gasteiger partial charge in [-0.2, -0.15) is 0 Å². The fraction of sp³-hybridized carbons (Fsp3) is 0.697. The Morgan fingerprint density at radius 1 is 0.930 bits per heavy atom. The molecule has 0 unspecified atom stereocenters. The van der Waals surface area contributed by atoms with E-state index in [0.717, 1.165) is 57.2 Å². The van der Waals surface area contributed by atoms with Gasteiger partial charge in [-0.25, -0.2) is 4.79 Å². The molecule has 43 heavy (non-hydrogen) atoms. The van der Waals surface area contributed by atoms with Gasteiger partial charge in [0.25, 0.3) is 0 Å². The molecule has 10 heteroatoms. The summed E-state index contributed by atoms with van der Waals surface area (Å²) in [5.74, 6) is -0.443. The average Bonchev–Trinajstić information content (AvgIpc) is 3.24. The number of benzene rings is 1. The van der Waals surface area contributed by atoms with Crippen LogP contribution in [0.25, 0.3) is 0 Å². The highest BCUT2D eigenvalue weighted by Gasteiger charge is 2.32. The van der Waals surface area contributed by atoms with Crippen molar-refractivity contribution in [3.63, 3.8) is 0 Å². The number of carbonyl (C=O) groups is 4. The molecule has 0 bridgehead atoms. The van der Waals surface area contributed by atoms with Gasteiger partial charge in [-0.05, 0) is 71.2 Å². The van der Waals surface area contributed by atoms with E-state index in [4.69, 9.17) is 4.74 Å². The van der Waals surface area contributed by atoms with Crippen LogP contribution >= 0.6 is 0 Å². The van der Waals surface area contributed by atoms with Crippen molar-refractivity contribution < 1.29 is 23.9 Å². The van der Waals surface area contributed by atoms with E-state index in [9.17, 15) is 19.2 Å². The van der Waals surface area contributed by atoms with E-state index in [1.165, 1.54) is 0 Å². The van der Waals surface area contributed by atoms with Crippen LogP contribution in [0, 0.1) is 5.92 Å². The van der Waals surface area contributed by atoms with E-state index in [1.54, 1.807) is 20.8 Å². The minimum absolute atomic E-state index is 0.0299. The van der Waals surface area contributed by atoms with E-state index in [0.29, 0.717) is 25.2 Å². The number of amides is 4. The Kier molecular flexibility index (Phi) is 12.8. The summed E-state index contributed by atoms with van der Waals surface area (Å²) in [5, 5.41) is 8.90. The zero-order valence-corrected chi connectivity index (χ0v) is 27.0. The molecule has 0 aromatic heterocycles. The van der Waals surface area contributed by atoms with Gasteiger partial charge in [-0.15, -0.1) is 0 Å². The van der Waals surface area contributed by atoms with E-state index in [1.807, 2.05) is 43.0 Å². The summed E-state index contributed by atoms with van der Waals surface area (Å²) < 4.78 is 5.48. The SMILES string of the molecule is CCC(=O)N[C@H](C)[C@@H](CC(=O)N1CCN(C)CC1)c1ccc(NC(=O)[C@@H](NC(=O)OC(C)(C)C)C2CCCCCC2)cc1. The molecule has 1 aromatic carbocycles. The summed E-state index contributed by atoms with van der Waals surface area (Å²) in [4.78, 5) is 55.9. The fourth-order valence-corrected chi connectivity index (χ4v) is 5.92. The van der Waals surface area contributed by atoms with Gasteiger partial charge in [0.2, 0.25) is 17.7 Å². The first-order valence-electron chi connectivity index (χ1n) is 16.0. The Morgan fingerprint density at radius 3 is 2.09 bits per heavy atom. The summed E-state index contributed by atoms with van der Waals surface area (Å²) in [7, 11) is 2.06. The van der Waals surface area contributed by atoms with Crippen LogP contribution < -0.4 is 16.0 Å². The van der Waals surface area contributed by atoms with Crippen molar-refractivity contribution in [1.82, 2.24) is 20.4 Å². The van der Waals surface area contributed by atoms with Crippen LogP contribution in [-0.2, 0) is 19.1 Å². The first kappa shape index (κ1) is 34.4. The third-order valence-corrected chi connectivity index (χ3v) is 8.50. The Bertz CT molecular complexity index is 1070. The number of likely N-dealkylation sites (N-methyl/N-ethyl adjacent to an activating group) is 1. The number of ether oxygens (including phenoxy) is 1. The van der Waals surface area contributed by atoms with E-state index < -0.39 is 17.7 Å². The zero-order chi connectivity index (χ0) is 31.6. The summed E-state index contributed by atoms with van der Waals surface area (Å²) in [5.41, 5.74) is 0.852. The molecule has 3 N–H and O–H groups in total. The zero-order valence-electron chi connectivity index (χ0n) is 27.0. The van der Waals surface area contributed by atoms with Gasteiger partial charge >= 0.3 is 6.09 Å². The first-order chi connectivity index (χ1) is 20.4. The van der Waals surface area contributed by atoms with Crippen molar-refractivity contribution in [2.45, 2.75) is 110 Å². The second kappa shape index (κ2) is 16.1. The number of rotatable bonds is 10. The monoisotopic (exact) mass is 599 g/mol. The normalized spacial score (nSPS) is 19.0. The molecule has 1 heterocycles. The predicted octanol–water partition coefficient (Wildman–Crippen LogP) is 4.65. The van der Waals surface area contributed by atoms with Gasteiger partial charge in [0, 0.05) is 56.7 Å². The van der Waals surface area contributed by atoms with Crippen LogP contribution in [0.4, 0.5) is 10.5 Å². The summed E-state index contributed by atoms with van der Waals surface area (Å²) in [6.45, 7) is 12.2. The molecule has 240 valence electrons. The highest BCUT2D eigenvalue weighted by Crippen LogP contribution is 2.29. The van der Waals surface area contributed by atoms with Crippen molar-refractivity contribution >= 4 is 29.5 Å². The van der Waals surface area contributed by atoms with Crippen molar-refractivity contribution in [2.24, 2.45) is 5.92 Å². The molecule has 0 spiro atoms. The number of hydrogen-bond donors (Lipinski definition) is 3. The number of alkyl carbamates (subject to hydrolysis) is 1. The molecule has 1 aliphatic carbocycles. The highest BCUT2D eigenvalue weighted by atomic mass is 16.6. The van der Waals surface area contributed by atoms with E-state index in [2.05, 4.69) is 27.9 Å². The lowest BCUT2D eigenvalue weighted by Gasteiger charge is -2.34. The van der Waals surface area contributed by atoms with Crippen LogP contribution in [-0.4, -0.2) is 84.5 Å². The second-order valence-electron chi connectivity index (χ2n) is 13.2. The number of carbonyl (C=O) groups excluding carboxylic acids is 4. The van der Waals surface area contributed by atoms with Crippen molar-refractivity contribution in [3.05, 3.63) is 29.8 Å². The van der Waals surface area contributed by atoms with E-state index in [-0.39, 0.29) is 42.0 Å². The highest BCUT2D eigenvalue weighted by molar-refractivity contribution is 5.96. The fourth-order valence-electron chi connectivity index (χ4n) is 5.92. The summed E-state index contributed by atoms with van der Waals surface area (Å²) in [6, 6.07) is 6.52. The number of anilines is 1. The lowest BCUT2D eigenvalue weighted by molar-refractivity contribution is -0.133.